The van der Waals surface area contributed by atoms with Crippen LogP contribution in [-0.2, 0) is 27.4 Å². The Kier molecular flexibility index (Phi) is 13.0. The van der Waals surface area contributed by atoms with Crippen molar-refractivity contribution in [2.45, 2.75) is 84.2 Å². The van der Waals surface area contributed by atoms with Crippen LogP contribution in [0.1, 0.15) is 82.5 Å². The van der Waals surface area contributed by atoms with Gasteiger partial charge < -0.3 is 28.4 Å². The Hall–Kier alpha value is -3.00. The Labute approximate surface area is 227 Å². The fourth-order valence-electron chi connectivity index (χ4n) is 4.58. The molecular weight excluding hydrogens is 484 g/mol. The molecule has 0 atom stereocenters. The highest BCUT2D eigenvalue weighted by Gasteiger charge is 2.23. The van der Waals surface area contributed by atoms with Gasteiger partial charge in [0.2, 0.25) is 18.6 Å². The number of unbranched alkanes of at least 4 members (excludes halogenated alkanes) is 8. The summed E-state index contributed by atoms with van der Waals surface area (Å²) < 4.78 is 21.7. The minimum Gasteiger partial charge on any atom is -0.467 e. The number of benzene rings is 1. The summed E-state index contributed by atoms with van der Waals surface area (Å²) in [5.74, 6) is 1.91. The molecule has 210 valence electrons. The molecule has 0 N–H and O–H groups in total. The van der Waals surface area contributed by atoms with Gasteiger partial charge in [-0.3, -0.25) is 9.59 Å². The van der Waals surface area contributed by atoms with Crippen LogP contribution in [0, 0.1) is 0 Å². The molecular formula is C30H44N2O6. The lowest BCUT2D eigenvalue weighted by Gasteiger charge is -2.27. The van der Waals surface area contributed by atoms with Crippen LogP contribution >= 0.6 is 0 Å². The number of nitrogens with zero attached hydrogens (tertiary/aromatic N) is 2. The molecule has 1 aromatic heterocycles. The number of fused-ring (bicyclic) bond motifs is 1. The second kappa shape index (κ2) is 16.8. The van der Waals surface area contributed by atoms with Gasteiger partial charge in [0.1, 0.15) is 5.76 Å². The number of hydrogen-bond donors (Lipinski definition) is 0. The first-order valence-electron chi connectivity index (χ1n) is 14.1. The van der Waals surface area contributed by atoms with Gasteiger partial charge in [0.05, 0.1) is 26.0 Å². The maximum absolute atomic E-state index is 13.5. The minimum absolute atomic E-state index is 0.000580. The van der Waals surface area contributed by atoms with Crippen LogP contribution in [0.3, 0.4) is 0 Å². The van der Waals surface area contributed by atoms with Crippen molar-refractivity contribution in [2.75, 3.05) is 33.6 Å². The van der Waals surface area contributed by atoms with Crippen molar-refractivity contribution in [1.82, 2.24) is 9.80 Å². The van der Waals surface area contributed by atoms with Gasteiger partial charge in [0.25, 0.3) is 0 Å². The highest BCUT2D eigenvalue weighted by molar-refractivity contribution is 5.84. The number of amides is 2. The lowest BCUT2D eigenvalue weighted by molar-refractivity contribution is -0.142. The first kappa shape index (κ1) is 29.6. The molecule has 1 aliphatic rings. The lowest BCUT2D eigenvalue weighted by atomic mass is 10.1. The summed E-state index contributed by atoms with van der Waals surface area (Å²) >= 11 is 0. The number of carbonyl (C=O) groups excluding carboxylic acids is 2. The first-order valence-corrected chi connectivity index (χ1v) is 14.1. The molecule has 2 heterocycles. The van der Waals surface area contributed by atoms with Gasteiger partial charge in [-0.05, 0) is 36.2 Å². The van der Waals surface area contributed by atoms with Crippen LogP contribution in [0.15, 0.2) is 41.0 Å². The third-order valence-corrected chi connectivity index (χ3v) is 6.83. The van der Waals surface area contributed by atoms with Gasteiger partial charge in [-0.15, -0.1) is 0 Å². The summed E-state index contributed by atoms with van der Waals surface area (Å²) in [5.41, 5.74) is 0.915. The number of carbonyl (C=O) groups is 2. The minimum atomic E-state index is -0.143. The maximum atomic E-state index is 13.5. The first-order chi connectivity index (χ1) is 18.6. The number of rotatable bonds is 19. The van der Waals surface area contributed by atoms with E-state index in [0.29, 0.717) is 49.9 Å². The van der Waals surface area contributed by atoms with Gasteiger partial charge in [0.15, 0.2) is 11.5 Å². The monoisotopic (exact) mass is 528 g/mol. The van der Waals surface area contributed by atoms with Crippen molar-refractivity contribution in [3.05, 3.63) is 47.9 Å². The molecule has 0 radical (unpaired) electrons. The topological polar surface area (TPSA) is 81.5 Å². The van der Waals surface area contributed by atoms with Crippen molar-refractivity contribution in [2.24, 2.45) is 0 Å². The lowest BCUT2D eigenvalue weighted by Crippen LogP contribution is -2.43. The van der Waals surface area contributed by atoms with Crippen molar-refractivity contribution in [3.63, 3.8) is 0 Å². The molecule has 0 saturated heterocycles. The Morgan fingerprint density at radius 1 is 0.868 bits per heavy atom. The smallest absolute Gasteiger partial charge is 0.242 e. The van der Waals surface area contributed by atoms with E-state index in [9.17, 15) is 9.59 Å². The summed E-state index contributed by atoms with van der Waals surface area (Å²) in [6, 6.07) is 9.32. The number of ether oxygens (including phenoxy) is 3. The predicted molar refractivity (Wildman–Crippen MR) is 146 cm³/mol. The molecule has 8 nitrogen and oxygen atoms in total. The molecule has 0 fully saturated rings. The zero-order valence-electron chi connectivity index (χ0n) is 23.1. The summed E-state index contributed by atoms with van der Waals surface area (Å²) in [5, 5.41) is 0. The molecule has 0 aliphatic carbocycles. The molecule has 0 unspecified atom stereocenters. The average Bonchev–Trinajstić information content (AvgIpc) is 3.61. The normalized spacial score (nSPS) is 12.1. The molecule has 3 rings (SSSR count). The molecule has 0 spiro atoms. The van der Waals surface area contributed by atoms with Gasteiger partial charge in [-0.2, -0.15) is 0 Å². The van der Waals surface area contributed by atoms with E-state index >= 15 is 0 Å². The third-order valence-electron chi connectivity index (χ3n) is 6.83. The predicted octanol–water partition coefficient (Wildman–Crippen LogP) is 5.93. The Balaban J connectivity index is 1.54. The van der Waals surface area contributed by atoms with Crippen molar-refractivity contribution >= 4 is 11.8 Å². The van der Waals surface area contributed by atoms with Gasteiger partial charge in [0, 0.05) is 26.6 Å². The van der Waals surface area contributed by atoms with Crippen molar-refractivity contribution < 1.29 is 28.2 Å². The number of methoxy groups -OCH3 is 1. The highest BCUT2D eigenvalue weighted by Crippen LogP contribution is 2.33. The Bertz CT molecular complexity index is 962. The molecule has 2 amide bonds. The molecule has 8 heteroatoms. The number of hydrogen-bond acceptors (Lipinski definition) is 6. The van der Waals surface area contributed by atoms with Crippen LogP contribution in [-0.4, -0.2) is 55.2 Å². The maximum Gasteiger partial charge on any atom is 0.242 e. The molecule has 0 saturated carbocycles. The van der Waals surface area contributed by atoms with E-state index in [1.165, 1.54) is 38.5 Å². The fraction of sp³-hybridized carbons (Fsp3) is 0.600. The third kappa shape index (κ3) is 10.0. The second-order valence-corrected chi connectivity index (χ2v) is 9.90. The van der Waals surface area contributed by atoms with E-state index in [-0.39, 0.29) is 25.2 Å². The highest BCUT2D eigenvalue weighted by atomic mass is 16.7. The van der Waals surface area contributed by atoms with Gasteiger partial charge in [-0.1, -0.05) is 64.4 Å². The van der Waals surface area contributed by atoms with Crippen LogP contribution in [0.5, 0.6) is 11.5 Å². The molecule has 1 aromatic carbocycles. The second-order valence-electron chi connectivity index (χ2n) is 9.90. The summed E-state index contributed by atoms with van der Waals surface area (Å²) in [7, 11) is 1.60. The van der Waals surface area contributed by atoms with Gasteiger partial charge >= 0.3 is 0 Å². The summed E-state index contributed by atoms with van der Waals surface area (Å²) in [4.78, 5) is 29.9. The van der Waals surface area contributed by atoms with Crippen molar-refractivity contribution in [1.29, 1.82) is 0 Å². The molecule has 2 aromatic rings. The van der Waals surface area contributed by atoms with E-state index in [1.807, 2.05) is 24.3 Å². The van der Waals surface area contributed by atoms with E-state index in [2.05, 4.69) is 6.92 Å². The zero-order valence-corrected chi connectivity index (χ0v) is 23.1. The van der Waals surface area contributed by atoms with Crippen LogP contribution in [0.25, 0.3) is 0 Å². The quantitative estimate of drug-likeness (QED) is 0.210. The molecule has 38 heavy (non-hydrogen) atoms. The average molecular weight is 529 g/mol. The largest absolute Gasteiger partial charge is 0.467 e. The number of furan rings is 1. The summed E-state index contributed by atoms with van der Waals surface area (Å²) in [6.45, 7) is 3.88. The van der Waals surface area contributed by atoms with E-state index < -0.39 is 0 Å². The fourth-order valence-corrected chi connectivity index (χ4v) is 4.58. The van der Waals surface area contributed by atoms with E-state index in [4.69, 9.17) is 18.6 Å². The van der Waals surface area contributed by atoms with Crippen LogP contribution in [0.2, 0.25) is 0 Å². The SMILES string of the molecule is CCCCCCCCCCCC(=O)N(CCOC)CC(=O)N(Cc1ccc2c(c1)OCO2)Cc1ccco1. The van der Waals surface area contributed by atoms with E-state index in [0.717, 1.165) is 24.8 Å². The Morgan fingerprint density at radius 2 is 1.61 bits per heavy atom. The van der Waals surface area contributed by atoms with Gasteiger partial charge in [-0.25, -0.2) is 0 Å². The Morgan fingerprint density at radius 3 is 2.32 bits per heavy atom. The molecule has 1 aliphatic heterocycles. The molecule has 0 bridgehead atoms. The van der Waals surface area contributed by atoms with E-state index in [1.54, 1.807) is 29.2 Å². The zero-order chi connectivity index (χ0) is 27.0. The van der Waals surface area contributed by atoms with Crippen LogP contribution in [0.4, 0.5) is 0 Å². The van der Waals surface area contributed by atoms with Crippen molar-refractivity contribution in [3.8, 4) is 11.5 Å². The van der Waals surface area contributed by atoms with Crippen LogP contribution < -0.4 is 9.47 Å². The summed E-state index contributed by atoms with van der Waals surface area (Å²) in [6.07, 6.45) is 12.8. The standard InChI is InChI=1S/C30H44N2O6/c1-3-4-5-6-7-8-9-10-11-14-29(33)31(17-19-35-2)23-30(34)32(22-26-13-12-18-36-26)21-25-15-16-27-28(20-25)38-24-37-27/h12-13,15-16,18,20H,3-11,14,17,19,21-24H2,1-2H3.